The number of carbonyl (C=O) groups excluding carboxylic acids is 2. The number of nitrogens with one attached hydrogen (secondary N) is 1. The molecule has 0 atom stereocenters. The van der Waals surface area contributed by atoms with Crippen molar-refractivity contribution in [2.45, 2.75) is 4.90 Å². The predicted molar refractivity (Wildman–Crippen MR) is 86.2 cm³/mol. The Morgan fingerprint density at radius 3 is 2.40 bits per heavy atom. The van der Waals surface area contributed by atoms with E-state index in [1.54, 1.807) is 0 Å². The fraction of sp³-hybridized carbons (Fsp3) is 0.0714. The molecule has 1 aromatic carbocycles. The summed E-state index contributed by atoms with van der Waals surface area (Å²) in [6, 6.07) is 4.64. The molecule has 3 rings (SSSR count). The summed E-state index contributed by atoms with van der Waals surface area (Å²) < 4.78 is 29.0. The van der Waals surface area contributed by atoms with Crippen LogP contribution in [0.2, 0.25) is 0 Å². The van der Waals surface area contributed by atoms with Gasteiger partial charge in [0, 0.05) is 12.1 Å². The number of carbonyl (C=O) groups is 2. The van der Waals surface area contributed by atoms with Gasteiger partial charge in [-0.1, -0.05) is 0 Å². The van der Waals surface area contributed by atoms with E-state index in [-0.39, 0.29) is 33.3 Å². The van der Waals surface area contributed by atoms with Gasteiger partial charge in [0.1, 0.15) is 16.5 Å². The number of hydrogen-bond donors (Lipinski definition) is 3. The maximum absolute atomic E-state index is 12.3. The number of primary sulfonamides is 1. The van der Waals surface area contributed by atoms with E-state index in [0.717, 1.165) is 16.7 Å². The van der Waals surface area contributed by atoms with Gasteiger partial charge in [0.2, 0.25) is 10.0 Å². The van der Waals surface area contributed by atoms with Crippen molar-refractivity contribution in [1.82, 2.24) is 9.88 Å². The Morgan fingerprint density at radius 1 is 1.12 bits per heavy atom. The van der Waals surface area contributed by atoms with Gasteiger partial charge in [0.25, 0.3) is 17.4 Å². The van der Waals surface area contributed by atoms with Crippen LogP contribution in [0.1, 0.15) is 20.7 Å². The summed E-state index contributed by atoms with van der Waals surface area (Å²) in [6.45, 7) is 0. The topological polar surface area (TPSA) is 164 Å². The summed E-state index contributed by atoms with van der Waals surface area (Å²) in [5, 5.41) is 7.15. The van der Waals surface area contributed by atoms with Crippen molar-refractivity contribution in [2.24, 2.45) is 5.14 Å². The Labute approximate surface area is 141 Å². The lowest BCUT2D eigenvalue weighted by Crippen LogP contribution is -2.24. The van der Waals surface area contributed by atoms with Crippen LogP contribution in [0.15, 0.2) is 34.0 Å². The van der Waals surface area contributed by atoms with Gasteiger partial charge in [-0.15, -0.1) is 0 Å². The van der Waals surface area contributed by atoms with Gasteiger partial charge in [0.05, 0.1) is 23.9 Å². The number of anilines is 1. The first-order chi connectivity index (χ1) is 11.6. The fourth-order valence-electron chi connectivity index (χ4n) is 2.58. The molecule has 0 radical (unpaired) electrons. The first kappa shape index (κ1) is 16.7. The maximum atomic E-state index is 12.3. The number of nitrogen functional groups attached to an aromatic ring is 1. The van der Waals surface area contributed by atoms with Gasteiger partial charge >= 0.3 is 0 Å². The number of benzene rings is 1. The van der Waals surface area contributed by atoms with Crippen molar-refractivity contribution in [1.29, 1.82) is 0 Å². The minimum Gasteiger partial charge on any atom is -0.495 e. The second-order valence-corrected chi connectivity index (χ2v) is 6.69. The lowest BCUT2D eigenvalue weighted by Gasteiger charge is -2.14. The zero-order chi connectivity index (χ0) is 18.5. The van der Waals surface area contributed by atoms with Crippen LogP contribution in [-0.2, 0) is 10.0 Å². The van der Waals surface area contributed by atoms with Crippen LogP contribution in [0, 0.1) is 0 Å². The van der Waals surface area contributed by atoms with E-state index in [1.807, 2.05) is 5.32 Å². The number of pyridine rings is 1. The minimum atomic E-state index is -4.04. The van der Waals surface area contributed by atoms with Gasteiger partial charge in [-0.25, -0.2) is 13.6 Å². The number of amides is 2. The largest absolute Gasteiger partial charge is 0.495 e. The van der Waals surface area contributed by atoms with Crippen LogP contribution < -0.4 is 26.5 Å². The van der Waals surface area contributed by atoms with Crippen LogP contribution in [0.5, 0.6) is 5.75 Å². The van der Waals surface area contributed by atoms with Crippen molar-refractivity contribution in [3.8, 4) is 11.4 Å². The van der Waals surface area contributed by atoms with E-state index in [9.17, 15) is 22.8 Å². The molecular formula is C14H12N4O6S. The highest BCUT2D eigenvalue weighted by atomic mass is 32.2. The number of sulfonamides is 1. The van der Waals surface area contributed by atoms with Crippen molar-refractivity contribution < 1.29 is 22.7 Å². The predicted octanol–water partition coefficient (Wildman–Crippen LogP) is -1.04. The van der Waals surface area contributed by atoms with Crippen molar-refractivity contribution in [2.75, 3.05) is 12.8 Å². The van der Waals surface area contributed by atoms with Crippen LogP contribution >= 0.6 is 0 Å². The van der Waals surface area contributed by atoms with Crippen molar-refractivity contribution in [3.05, 3.63) is 45.7 Å². The fourth-order valence-corrected chi connectivity index (χ4v) is 3.26. The number of ether oxygens (including phenoxy) is 1. The van der Waals surface area contributed by atoms with Gasteiger partial charge in [0.15, 0.2) is 0 Å². The number of fused-ring (bicyclic) bond motifs is 1. The smallest absolute Gasteiger partial charge is 0.262 e. The minimum absolute atomic E-state index is 0.104. The molecule has 1 aromatic heterocycles. The molecule has 1 aliphatic rings. The number of rotatable bonds is 3. The molecule has 0 bridgehead atoms. The molecule has 0 aliphatic carbocycles. The van der Waals surface area contributed by atoms with E-state index in [4.69, 9.17) is 15.6 Å². The Kier molecular flexibility index (Phi) is 3.62. The standard InChI is InChI=1S/C14H12N4O6S/c1-24-8-4-6(2-3-9(8)25(16,22)23)18-10(19)5-7-11(12(18)15)14(21)17-13(7)20/h2-5H,15H2,1H3,(H2,16,22,23)(H,17,20,21). The zero-order valence-electron chi connectivity index (χ0n) is 12.8. The molecule has 11 heteroatoms. The molecule has 10 nitrogen and oxygen atoms in total. The first-order valence-corrected chi connectivity index (χ1v) is 8.32. The average molecular weight is 364 g/mol. The molecular weight excluding hydrogens is 352 g/mol. The number of nitrogens with zero attached hydrogens (tertiary/aromatic N) is 1. The third-order valence-electron chi connectivity index (χ3n) is 3.67. The molecule has 2 aromatic rings. The monoisotopic (exact) mass is 364 g/mol. The summed E-state index contributed by atoms with van der Waals surface area (Å²) in [5.41, 5.74) is 5.13. The van der Waals surface area contributed by atoms with Gasteiger partial charge < -0.3 is 10.5 Å². The number of imide groups is 1. The summed E-state index contributed by atoms with van der Waals surface area (Å²) in [5.74, 6) is -1.79. The Morgan fingerprint density at radius 2 is 1.80 bits per heavy atom. The Hall–Kier alpha value is -3.18. The molecule has 5 N–H and O–H groups in total. The van der Waals surface area contributed by atoms with Gasteiger partial charge in [-0.2, -0.15) is 0 Å². The van der Waals surface area contributed by atoms with Crippen LogP contribution in [-0.4, -0.2) is 31.9 Å². The third-order valence-corrected chi connectivity index (χ3v) is 4.62. The van der Waals surface area contributed by atoms with E-state index in [0.29, 0.717) is 0 Å². The van der Waals surface area contributed by atoms with E-state index < -0.39 is 27.4 Å². The highest BCUT2D eigenvalue weighted by molar-refractivity contribution is 7.89. The Bertz CT molecular complexity index is 1100. The van der Waals surface area contributed by atoms with E-state index >= 15 is 0 Å². The maximum Gasteiger partial charge on any atom is 0.262 e. The highest BCUT2D eigenvalue weighted by Crippen LogP contribution is 2.28. The molecule has 1 aliphatic heterocycles. The molecule has 0 saturated carbocycles. The number of hydrogen-bond acceptors (Lipinski definition) is 7. The quantitative estimate of drug-likeness (QED) is 0.585. The second-order valence-electron chi connectivity index (χ2n) is 5.16. The van der Waals surface area contributed by atoms with Crippen LogP contribution in [0.3, 0.4) is 0 Å². The second kappa shape index (κ2) is 5.43. The van der Waals surface area contributed by atoms with Crippen LogP contribution in [0.4, 0.5) is 5.82 Å². The third kappa shape index (κ3) is 2.55. The summed E-state index contributed by atoms with van der Waals surface area (Å²) in [6.07, 6.45) is 0. The SMILES string of the molecule is COc1cc(-n2c(N)c3c(cc2=O)C(=O)NC3=O)ccc1S(N)(=O)=O. The first-order valence-electron chi connectivity index (χ1n) is 6.77. The lowest BCUT2D eigenvalue weighted by atomic mass is 10.1. The van der Waals surface area contributed by atoms with E-state index in [2.05, 4.69) is 0 Å². The molecule has 0 unspecified atom stereocenters. The lowest BCUT2D eigenvalue weighted by molar-refractivity contribution is 0.0880. The summed E-state index contributed by atoms with van der Waals surface area (Å²) in [7, 11) is -2.81. The van der Waals surface area contributed by atoms with Gasteiger partial charge in [-0.05, 0) is 12.1 Å². The normalized spacial score (nSPS) is 13.5. The number of methoxy groups -OCH3 is 1. The molecule has 0 saturated heterocycles. The van der Waals surface area contributed by atoms with Gasteiger partial charge in [-0.3, -0.25) is 24.3 Å². The summed E-state index contributed by atoms with van der Waals surface area (Å²) in [4.78, 5) is 35.6. The molecule has 2 amide bonds. The van der Waals surface area contributed by atoms with Crippen molar-refractivity contribution >= 4 is 27.7 Å². The molecule has 2 heterocycles. The summed E-state index contributed by atoms with van der Waals surface area (Å²) >= 11 is 0. The molecule has 0 spiro atoms. The van der Waals surface area contributed by atoms with Crippen LogP contribution in [0.25, 0.3) is 5.69 Å². The Balaban J connectivity index is 2.29. The number of aromatic nitrogens is 1. The zero-order valence-corrected chi connectivity index (χ0v) is 13.6. The average Bonchev–Trinajstić information content (AvgIpc) is 2.80. The number of nitrogens with two attached hydrogens (primary N) is 2. The van der Waals surface area contributed by atoms with Crippen molar-refractivity contribution in [3.63, 3.8) is 0 Å². The molecule has 130 valence electrons. The molecule has 25 heavy (non-hydrogen) atoms. The highest BCUT2D eigenvalue weighted by Gasteiger charge is 2.32. The van der Waals surface area contributed by atoms with E-state index in [1.165, 1.54) is 19.2 Å². The molecule has 0 fully saturated rings.